The topological polar surface area (TPSA) is 52.9 Å². The van der Waals surface area contributed by atoms with Crippen molar-refractivity contribution in [3.63, 3.8) is 0 Å². The van der Waals surface area contributed by atoms with E-state index in [1.165, 1.54) is 41.5 Å². The van der Waals surface area contributed by atoms with E-state index in [2.05, 4.69) is 18.0 Å². The molecule has 0 bridgehead atoms. The van der Waals surface area contributed by atoms with Crippen LogP contribution in [0.1, 0.15) is 41.7 Å². The normalized spacial score (nSPS) is 14.4. The summed E-state index contributed by atoms with van der Waals surface area (Å²) in [4.78, 5) is 13.2. The summed E-state index contributed by atoms with van der Waals surface area (Å²) in [6, 6.07) is 2.30. The minimum Gasteiger partial charge on any atom is -0.316 e. The highest BCUT2D eigenvalue weighted by atomic mass is 32.2. The number of hydrogen-bond acceptors (Lipinski definition) is 4. The zero-order valence-corrected chi connectivity index (χ0v) is 13.7. The van der Waals surface area contributed by atoms with Crippen LogP contribution in [-0.4, -0.2) is 17.4 Å². The molecule has 0 fully saturated rings. The average Bonchev–Trinajstić information content (AvgIpc) is 2.75. The second-order valence-electron chi connectivity index (χ2n) is 5.09. The Kier molecular flexibility index (Phi) is 6.34. The Labute approximate surface area is 134 Å². The lowest BCUT2D eigenvalue weighted by atomic mass is 9.97. The van der Waals surface area contributed by atoms with Crippen LogP contribution in [0.15, 0.2) is 12.7 Å². The van der Waals surface area contributed by atoms with Gasteiger partial charge in [0.2, 0.25) is 5.91 Å². The predicted molar refractivity (Wildman–Crippen MR) is 91.1 cm³/mol. The number of rotatable bonds is 5. The maximum atomic E-state index is 11.9. The van der Waals surface area contributed by atoms with Gasteiger partial charge in [-0.2, -0.15) is 5.26 Å². The third-order valence-corrected chi connectivity index (χ3v) is 5.65. The highest BCUT2D eigenvalue weighted by Gasteiger charge is 2.20. The van der Waals surface area contributed by atoms with E-state index in [-0.39, 0.29) is 5.91 Å². The van der Waals surface area contributed by atoms with E-state index in [0.29, 0.717) is 11.3 Å². The first-order valence-electron chi connectivity index (χ1n) is 7.29. The molecule has 0 spiro atoms. The van der Waals surface area contributed by atoms with E-state index in [1.54, 1.807) is 17.4 Å². The fraction of sp³-hybridized carbons (Fsp3) is 0.500. The summed E-state index contributed by atoms with van der Waals surface area (Å²) in [6.45, 7) is 3.64. The summed E-state index contributed by atoms with van der Waals surface area (Å²) in [5, 5.41) is 13.1. The average molecular weight is 320 g/mol. The molecule has 0 radical (unpaired) electrons. The van der Waals surface area contributed by atoms with Gasteiger partial charge in [0, 0.05) is 10.6 Å². The number of anilines is 1. The van der Waals surface area contributed by atoms with Gasteiger partial charge >= 0.3 is 0 Å². The molecule has 1 aromatic rings. The Morgan fingerprint density at radius 3 is 2.86 bits per heavy atom. The van der Waals surface area contributed by atoms with E-state index in [4.69, 9.17) is 0 Å². The van der Waals surface area contributed by atoms with Crippen LogP contribution in [0.25, 0.3) is 0 Å². The Morgan fingerprint density at radius 2 is 2.14 bits per heavy atom. The zero-order chi connectivity index (χ0) is 15.1. The number of nitrogens with one attached hydrogen (secondary N) is 1. The van der Waals surface area contributed by atoms with Gasteiger partial charge in [-0.15, -0.1) is 29.7 Å². The molecule has 1 heterocycles. The first-order chi connectivity index (χ1) is 10.3. The number of nitrogens with zero attached hydrogens (tertiary/aromatic N) is 1. The number of aryl methyl sites for hydroxylation is 1. The molecule has 0 atom stereocenters. The minimum absolute atomic E-state index is 0.0347. The number of thiophene rings is 1. The second kappa shape index (κ2) is 8.26. The second-order valence-corrected chi connectivity index (χ2v) is 7.22. The van der Waals surface area contributed by atoms with Gasteiger partial charge in [0.25, 0.3) is 0 Å². The highest BCUT2D eigenvalue weighted by Crippen LogP contribution is 2.36. The Morgan fingerprint density at radius 1 is 1.38 bits per heavy atom. The monoisotopic (exact) mass is 320 g/mol. The number of fused-ring (bicyclic) bond motifs is 1. The van der Waals surface area contributed by atoms with E-state index in [9.17, 15) is 10.1 Å². The number of nitriles is 1. The van der Waals surface area contributed by atoms with Crippen molar-refractivity contribution in [1.82, 2.24) is 0 Å². The molecule has 112 valence electrons. The Bertz CT molecular complexity index is 557. The molecule has 0 aromatic carbocycles. The smallest absolute Gasteiger partial charge is 0.235 e. The zero-order valence-electron chi connectivity index (χ0n) is 12.1. The van der Waals surface area contributed by atoms with Crippen LogP contribution in [0.2, 0.25) is 0 Å². The summed E-state index contributed by atoms with van der Waals surface area (Å²) in [7, 11) is 0. The Balaban J connectivity index is 2.12. The summed E-state index contributed by atoms with van der Waals surface area (Å²) < 4.78 is 0. The largest absolute Gasteiger partial charge is 0.316 e. The SMILES string of the molecule is C=CCSCC(=O)Nc1sc2c(c1C#N)CCCCCC2. The molecule has 0 unspecified atom stereocenters. The fourth-order valence-corrected chi connectivity index (χ4v) is 4.32. The first kappa shape index (κ1) is 16.1. The maximum Gasteiger partial charge on any atom is 0.235 e. The van der Waals surface area contributed by atoms with Gasteiger partial charge in [-0.1, -0.05) is 18.9 Å². The van der Waals surface area contributed by atoms with E-state index >= 15 is 0 Å². The van der Waals surface area contributed by atoms with Gasteiger partial charge in [-0.25, -0.2) is 0 Å². The molecular formula is C16H20N2OS2. The number of amides is 1. The predicted octanol–water partition coefficient (Wildman–Crippen LogP) is 4.14. The number of carbonyl (C=O) groups is 1. The van der Waals surface area contributed by atoms with Crippen LogP contribution >= 0.6 is 23.1 Å². The molecule has 1 amide bonds. The molecule has 1 aliphatic carbocycles. The molecular weight excluding hydrogens is 300 g/mol. The molecule has 1 aliphatic rings. The van der Waals surface area contributed by atoms with Crippen LogP contribution in [0.3, 0.4) is 0 Å². The Hall–Kier alpha value is -1.25. The lowest BCUT2D eigenvalue weighted by Crippen LogP contribution is -2.14. The molecule has 0 saturated heterocycles. The number of thioether (sulfide) groups is 1. The van der Waals surface area contributed by atoms with Crippen molar-refractivity contribution in [1.29, 1.82) is 5.26 Å². The molecule has 3 nitrogen and oxygen atoms in total. The van der Waals surface area contributed by atoms with Crippen LogP contribution in [0, 0.1) is 11.3 Å². The van der Waals surface area contributed by atoms with E-state index < -0.39 is 0 Å². The summed E-state index contributed by atoms with van der Waals surface area (Å²) in [5.41, 5.74) is 1.87. The third-order valence-electron chi connectivity index (χ3n) is 3.50. The summed E-state index contributed by atoms with van der Waals surface area (Å²) in [6.07, 6.45) is 8.61. The minimum atomic E-state index is -0.0347. The molecule has 0 saturated carbocycles. The van der Waals surface area contributed by atoms with Crippen molar-refractivity contribution in [2.45, 2.75) is 38.5 Å². The molecule has 5 heteroatoms. The maximum absolute atomic E-state index is 11.9. The van der Waals surface area contributed by atoms with Crippen molar-refractivity contribution in [2.75, 3.05) is 16.8 Å². The van der Waals surface area contributed by atoms with Gasteiger partial charge in [0.15, 0.2) is 0 Å². The quantitative estimate of drug-likeness (QED) is 0.655. The lowest BCUT2D eigenvalue weighted by Gasteiger charge is -2.08. The summed E-state index contributed by atoms with van der Waals surface area (Å²) in [5.74, 6) is 1.13. The van der Waals surface area contributed by atoms with Gasteiger partial charge in [-0.3, -0.25) is 4.79 Å². The van der Waals surface area contributed by atoms with Crippen molar-refractivity contribution >= 4 is 34.0 Å². The van der Waals surface area contributed by atoms with Crippen molar-refractivity contribution < 1.29 is 4.79 Å². The van der Waals surface area contributed by atoms with Gasteiger partial charge in [-0.05, 0) is 31.2 Å². The van der Waals surface area contributed by atoms with Crippen molar-refractivity contribution in [2.24, 2.45) is 0 Å². The van der Waals surface area contributed by atoms with Crippen LogP contribution in [0.5, 0.6) is 0 Å². The van der Waals surface area contributed by atoms with Gasteiger partial charge in [0.05, 0.1) is 11.3 Å². The van der Waals surface area contributed by atoms with E-state index in [1.807, 2.05) is 0 Å². The molecule has 1 N–H and O–H groups in total. The van der Waals surface area contributed by atoms with E-state index in [0.717, 1.165) is 30.0 Å². The summed E-state index contributed by atoms with van der Waals surface area (Å²) >= 11 is 3.12. The molecule has 2 rings (SSSR count). The standard InChI is InChI=1S/C16H20N2OS2/c1-2-9-20-11-15(19)18-16-13(10-17)12-7-5-3-4-6-8-14(12)21-16/h2H,1,3-9,11H2,(H,18,19). The van der Waals surface area contributed by atoms with Crippen molar-refractivity contribution in [3.05, 3.63) is 28.7 Å². The fourth-order valence-electron chi connectivity index (χ4n) is 2.52. The molecule has 0 aliphatic heterocycles. The first-order valence-corrected chi connectivity index (χ1v) is 9.26. The van der Waals surface area contributed by atoms with Gasteiger partial charge < -0.3 is 5.32 Å². The number of carbonyl (C=O) groups excluding carboxylic acids is 1. The van der Waals surface area contributed by atoms with Crippen LogP contribution < -0.4 is 5.32 Å². The van der Waals surface area contributed by atoms with Gasteiger partial charge in [0.1, 0.15) is 11.1 Å². The van der Waals surface area contributed by atoms with Crippen LogP contribution in [-0.2, 0) is 17.6 Å². The van der Waals surface area contributed by atoms with Crippen molar-refractivity contribution in [3.8, 4) is 6.07 Å². The third kappa shape index (κ3) is 4.36. The lowest BCUT2D eigenvalue weighted by molar-refractivity contribution is -0.113. The van der Waals surface area contributed by atoms with Crippen LogP contribution in [0.4, 0.5) is 5.00 Å². The molecule has 21 heavy (non-hydrogen) atoms. The molecule has 1 aromatic heterocycles. The number of hydrogen-bond donors (Lipinski definition) is 1. The highest BCUT2D eigenvalue weighted by molar-refractivity contribution is 8.00.